The van der Waals surface area contributed by atoms with E-state index in [9.17, 15) is 0 Å². The summed E-state index contributed by atoms with van der Waals surface area (Å²) < 4.78 is 0. The van der Waals surface area contributed by atoms with Crippen molar-refractivity contribution in [1.82, 2.24) is 10.2 Å². The van der Waals surface area contributed by atoms with Crippen LogP contribution in [0.25, 0.3) is 0 Å². The van der Waals surface area contributed by atoms with Crippen molar-refractivity contribution < 1.29 is 0 Å². The zero-order valence-electron chi connectivity index (χ0n) is 12.2. The molecule has 0 saturated heterocycles. The van der Waals surface area contributed by atoms with Crippen LogP contribution in [0.2, 0.25) is 0 Å². The molecule has 0 aromatic carbocycles. The second kappa shape index (κ2) is 8.93. The molecule has 0 bridgehead atoms. The fraction of sp³-hybridized carbons (Fsp3) is 1.00. The predicted molar refractivity (Wildman–Crippen MR) is 76.4 cm³/mol. The van der Waals surface area contributed by atoms with E-state index in [0.29, 0.717) is 0 Å². The highest BCUT2D eigenvalue weighted by atomic mass is 15.1. The van der Waals surface area contributed by atoms with Crippen LogP contribution in [0.5, 0.6) is 0 Å². The number of nitrogens with zero attached hydrogens (tertiary/aromatic N) is 1. The van der Waals surface area contributed by atoms with Crippen molar-refractivity contribution in [3.05, 3.63) is 0 Å². The van der Waals surface area contributed by atoms with E-state index in [1.165, 1.54) is 64.7 Å². The number of rotatable bonds is 9. The van der Waals surface area contributed by atoms with E-state index < -0.39 is 0 Å². The largest absolute Gasteiger partial charge is 0.313 e. The van der Waals surface area contributed by atoms with Crippen LogP contribution >= 0.6 is 0 Å². The van der Waals surface area contributed by atoms with Crippen LogP contribution in [0.1, 0.15) is 59.3 Å². The summed E-state index contributed by atoms with van der Waals surface area (Å²) >= 11 is 0. The lowest BCUT2D eigenvalue weighted by Crippen LogP contribution is -2.38. The van der Waals surface area contributed by atoms with Crippen molar-refractivity contribution in [2.24, 2.45) is 5.92 Å². The predicted octanol–water partition coefficient (Wildman–Crippen LogP) is 3.28. The summed E-state index contributed by atoms with van der Waals surface area (Å²) in [5.41, 5.74) is 0. The Morgan fingerprint density at radius 3 is 2.29 bits per heavy atom. The van der Waals surface area contributed by atoms with E-state index in [1.54, 1.807) is 0 Å². The Balaban J connectivity index is 2.12. The number of hydrogen-bond donors (Lipinski definition) is 1. The first-order valence-corrected chi connectivity index (χ1v) is 7.75. The quantitative estimate of drug-likeness (QED) is 0.665. The van der Waals surface area contributed by atoms with Gasteiger partial charge in [0.25, 0.3) is 0 Å². The average Bonchev–Trinajstić information content (AvgIpc) is 2.86. The topological polar surface area (TPSA) is 15.3 Å². The lowest BCUT2D eigenvalue weighted by Gasteiger charge is -2.26. The molecule has 0 atom stereocenters. The first-order chi connectivity index (χ1) is 8.30. The van der Waals surface area contributed by atoms with Gasteiger partial charge < -0.3 is 10.2 Å². The summed E-state index contributed by atoms with van der Waals surface area (Å²) in [5, 5.41) is 3.71. The minimum atomic E-state index is 0.821. The zero-order valence-corrected chi connectivity index (χ0v) is 12.2. The normalized spacial score (nSPS) is 17.5. The van der Waals surface area contributed by atoms with Gasteiger partial charge in [-0.25, -0.2) is 0 Å². The van der Waals surface area contributed by atoms with Crippen molar-refractivity contribution in [2.75, 3.05) is 26.2 Å². The molecule has 2 nitrogen and oxygen atoms in total. The van der Waals surface area contributed by atoms with E-state index in [1.807, 2.05) is 0 Å². The van der Waals surface area contributed by atoms with Crippen molar-refractivity contribution in [3.63, 3.8) is 0 Å². The third-order valence-corrected chi connectivity index (χ3v) is 4.33. The molecule has 0 aromatic rings. The molecule has 1 N–H and O–H groups in total. The molecule has 0 radical (unpaired) electrons. The lowest BCUT2D eigenvalue weighted by atomic mass is 10.0. The molecular weight excluding hydrogens is 208 g/mol. The van der Waals surface area contributed by atoms with E-state index in [4.69, 9.17) is 0 Å². The Labute approximate surface area is 108 Å². The summed E-state index contributed by atoms with van der Waals surface area (Å²) in [6.07, 6.45) is 8.31. The van der Waals surface area contributed by atoms with Crippen LogP contribution in [0.15, 0.2) is 0 Å². The lowest BCUT2D eigenvalue weighted by molar-refractivity contribution is 0.231. The molecule has 0 aromatic heterocycles. The van der Waals surface area contributed by atoms with Gasteiger partial charge in [0.2, 0.25) is 0 Å². The van der Waals surface area contributed by atoms with Crippen molar-refractivity contribution in [2.45, 2.75) is 65.3 Å². The first kappa shape index (κ1) is 15.0. The van der Waals surface area contributed by atoms with Gasteiger partial charge in [0, 0.05) is 25.7 Å². The van der Waals surface area contributed by atoms with Crippen LogP contribution in [-0.4, -0.2) is 37.1 Å². The monoisotopic (exact) mass is 240 g/mol. The van der Waals surface area contributed by atoms with Gasteiger partial charge in [-0.3, -0.25) is 0 Å². The van der Waals surface area contributed by atoms with Gasteiger partial charge in [-0.05, 0) is 25.3 Å². The summed E-state index contributed by atoms with van der Waals surface area (Å²) in [7, 11) is 0. The molecule has 1 rings (SSSR count). The van der Waals surface area contributed by atoms with E-state index in [-0.39, 0.29) is 0 Å². The molecule has 1 aliphatic rings. The van der Waals surface area contributed by atoms with Gasteiger partial charge in [0.05, 0.1) is 0 Å². The van der Waals surface area contributed by atoms with Crippen molar-refractivity contribution in [3.8, 4) is 0 Å². The van der Waals surface area contributed by atoms with Gasteiger partial charge >= 0.3 is 0 Å². The van der Waals surface area contributed by atoms with E-state index >= 15 is 0 Å². The standard InChI is InChI=1S/C15H32N2/c1-4-14(5-2)13-17(6-3)12-11-16-15-9-7-8-10-15/h14-16H,4-13H2,1-3H3. The van der Waals surface area contributed by atoms with Gasteiger partial charge in [0.15, 0.2) is 0 Å². The average molecular weight is 240 g/mol. The number of likely N-dealkylation sites (N-methyl/N-ethyl adjacent to an activating group) is 1. The third kappa shape index (κ3) is 5.87. The Morgan fingerprint density at radius 2 is 1.76 bits per heavy atom. The highest BCUT2D eigenvalue weighted by Crippen LogP contribution is 2.17. The van der Waals surface area contributed by atoms with E-state index in [0.717, 1.165) is 12.0 Å². The molecule has 2 heteroatoms. The first-order valence-electron chi connectivity index (χ1n) is 7.75. The summed E-state index contributed by atoms with van der Waals surface area (Å²) in [6.45, 7) is 11.8. The maximum atomic E-state index is 3.71. The molecule has 17 heavy (non-hydrogen) atoms. The SMILES string of the molecule is CCC(CC)CN(CC)CCNC1CCCC1. The second-order valence-corrected chi connectivity index (χ2v) is 5.51. The maximum Gasteiger partial charge on any atom is 0.0107 e. The maximum absolute atomic E-state index is 3.71. The molecule has 102 valence electrons. The van der Waals surface area contributed by atoms with Crippen molar-refractivity contribution in [1.29, 1.82) is 0 Å². The third-order valence-electron chi connectivity index (χ3n) is 4.33. The summed E-state index contributed by atoms with van der Waals surface area (Å²) in [6, 6.07) is 0.821. The Hall–Kier alpha value is -0.0800. The fourth-order valence-electron chi connectivity index (χ4n) is 2.85. The molecule has 1 aliphatic carbocycles. The van der Waals surface area contributed by atoms with E-state index in [2.05, 4.69) is 31.0 Å². The summed E-state index contributed by atoms with van der Waals surface area (Å²) in [5.74, 6) is 0.890. The molecule has 1 fully saturated rings. The molecular formula is C15H32N2. The zero-order chi connectivity index (χ0) is 12.5. The molecule has 0 unspecified atom stereocenters. The Morgan fingerprint density at radius 1 is 1.12 bits per heavy atom. The minimum absolute atomic E-state index is 0.821. The Bertz CT molecular complexity index is 172. The van der Waals surface area contributed by atoms with Gasteiger partial charge in [-0.2, -0.15) is 0 Å². The highest BCUT2D eigenvalue weighted by Gasteiger charge is 2.14. The smallest absolute Gasteiger partial charge is 0.0107 e. The molecule has 0 amide bonds. The van der Waals surface area contributed by atoms with Crippen LogP contribution in [0.3, 0.4) is 0 Å². The highest BCUT2D eigenvalue weighted by molar-refractivity contribution is 4.74. The van der Waals surface area contributed by atoms with Gasteiger partial charge in [-0.1, -0.05) is 46.5 Å². The molecule has 1 saturated carbocycles. The molecule has 0 spiro atoms. The van der Waals surface area contributed by atoms with Crippen LogP contribution in [0.4, 0.5) is 0 Å². The van der Waals surface area contributed by atoms with Crippen LogP contribution < -0.4 is 5.32 Å². The van der Waals surface area contributed by atoms with Crippen LogP contribution in [0, 0.1) is 5.92 Å². The van der Waals surface area contributed by atoms with Gasteiger partial charge in [-0.15, -0.1) is 0 Å². The minimum Gasteiger partial charge on any atom is -0.313 e. The Kier molecular flexibility index (Phi) is 7.87. The molecule has 0 heterocycles. The molecule has 0 aliphatic heterocycles. The van der Waals surface area contributed by atoms with Crippen LogP contribution in [-0.2, 0) is 0 Å². The fourth-order valence-corrected chi connectivity index (χ4v) is 2.85. The number of nitrogens with one attached hydrogen (secondary N) is 1. The second-order valence-electron chi connectivity index (χ2n) is 5.51. The summed E-state index contributed by atoms with van der Waals surface area (Å²) in [4.78, 5) is 2.61. The number of hydrogen-bond acceptors (Lipinski definition) is 2. The van der Waals surface area contributed by atoms with Crippen molar-refractivity contribution >= 4 is 0 Å². The van der Waals surface area contributed by atoms with Gasteiger partial charge in [0.1, 0.15) is 0 Å².